The van der Waals surface area contributed by atoms with E-state index in [0.717, 1.165) is 34.2 Å². The fourth-order valence-corrected chi connectivity index (χ4v) is 6.55. The molecule has 1 aromatic heterocycles. The number of rotatable bonds is 6. The van der Waals surface area contributed by atoms with Crippen LogP contribution in [0.2, 0.25) is 0 Å². The van der Waals surface area contributed by atoms with Gasteiger partial charge in [-0.25, -0.2) is 8.42 Å². The Balaban J connectivity index is 1.35. The van der Waals surface area contributed by atoms with Gasteiger partial charge in [0.15, 0.2) is 0 Å². The maximum Gasteiger partial charge on any atom is 0.416 e. The quantitative estimate of drug-likeness (QED) is 0.296. The van der Waals surface area contributed by atoms with Gasteiger partial charge in [0.1, 0.15) is 5.75 Å². The van der Waals surface area contributed by atoms with E-state index in [-0.39, 0.29) is 10.8 Å². The van der Waals surface area contributed by atoms with E-state index in [0.29, 0.717) is 38.2 Å². The molecule has 9 heteroatoms. The van der Waals surface area contributed by atoms with E-state index in [9.17, 15) is 21.6 Å². The number of para-hydroxylation sites is 1. The number of sulfonamides is 1. The molecule has 1 fully saturated rings. The summed E-state index contributed by atoms with van der Waals surface area (Å²) in [4.78, 5) is 0.221. The van der Waals surface area contributed by atoms with Crippen LogP contribution in [0.25, 0.3) is 10.9 Å². The fraction of sp³-hybridized carbons (Fsp3) is 0.286. The number of hydrogen-bond acceptors (Lipinski definition) is 3. The first-order chi connectivity index (χ1) is 17.7. The van der Waals surface area contributed by atoms with Crippen molar-refractivity contribution in [2.75, 3.05) is 20.2 Å². The van der Waals surface area contributed by atoms with E-state index in [4.69, 9.17) is 4.74 Å². The summed E-state index contributed by atoms with van der Waals surface area (Å²) >= 11 is 0. The Hall–Kier alpha value is -3.30. The van der Waals surface area contributed by atoms with Crippen LogP contribution in [0, 0.1) is 0 Å². The second-order valence-electron chi connectivity index (χ2n) is 9.28. The molecule has 1 saturated heterocycles. The summed E-state index contributed by atoms with van der Waals surface area (Å²) in [6.07, 6.45) is -0.936. The summed E-state index contributed by atoms with van der Waals surface area (Å²) in [5, 5.41) is 1.09. The maximum atomic E-state index is 13.2. The highest BCUT2D eigenvalue weighted by molar-refractivity contribution is 7.89. The standard InChI is InChI=1S/C28H27F3N2O3S/c1-36-23-5-4-6-24(17-23)37(34,35)33-15-13-21(14-16-33)26-19-32(27-8-3-2-7-25(26)27)18-20-9-11-22(12-10-20)28(29,30)31/h2-12,17,19,21H,13-16,18H2,1H3. The number of hydrogen-bond donors (Lipinski definition) is 0. The van der Waals surface area contributed by atoms with Gasteiger partial charge in [0.2, 0.25) is 10.0 Å². The first-order valence-electron chi connectivity index (χ1n) is 12.0. The number of benzene rings is 3. The minimum absolute atomic E-state index is 0.176. The van der Waals surface area contributed by atoms with E-state index in [1.54, 1.807) is 18.2 Å². The van der Waals surface area contributed by atoms with Crippen LogP contribution in [0.4, 0.5) is 13.2 Å². The zero-order chi connectivity index (χ0) is 26.2. The lowest BCUT2D eigenvalue weighted by Gasteiger charge is -2.31. The van der Waals surface area contributed by atoms with E-state index in [2.05, 4.69) is 10.8 Å². The summed E-state index contributed by atoms with van der Waals surface area (Å²) in [5.74, 6) is 0.673. The lowest BCUT2D eigenvalue weighted by Crippen LogP contribution is -2.37. The van der Waals surface area contributed by atoms with Crippen molar-refractivity contribution in [2.24, 2.45) is 0 Å². The van der Waals surface area contributed by atoms with E-state index in [1.165, 1.54) is 29.6 Å². The van der Waals surface area contributed by atoms with E-state index in [1.807, 2.05) is 24.3 Å². The van der Waals surface area contributed by atoms with Crippen molar-refractivity contribution in [3.63, 3.8) is 0 Å². The molecule has 2 heterocycles. The topological polar surface area (TPSA) is 51.5 Å². The number of methoxy groups -OCH3 is 1. The smallest absolute Gasteiger partial charge is 0.416 e. The van der Waals surface area contributed by atoms with Gasteiger partial charge < -0.3 is 9.30 Å². The molecule has 0 aliphatic carbocycles. The molecule has 1 aliphatic heterocycles. The molecule has 0 unspecified atom stereocenters. The predicted molar refractivity (Wildman–Crippen MR) is 136 cm³/mol. The minimum atomic E-state index is -4.36. The van der Waals surface area contributed by atoms with Crippen LogP contribution in [0.15, 0.2) is 83.9 Å². The molecule has 194 valence electrons. The normalized spacial score (nSPS) is 15.8. The van der Waals surface area contributed by atoms with Gasteiger partial charge in [0, 0.05) is 42.8 Å². The Bertz CT molecular complexity index is 1500. The predicted octanol–water partition coefficient (Wildman–Crippen LogP) is 6.29. The van der Waals surface area contributed by atoms with Crippen LogP contribution < -0.4 is 4.74 Å². The summed E-state index contributed by atoms with van der Waals surface area (Å²) < 4.78 is 74.0. The van der Waals surface area contributed by atoms with E-state index < -0.39 is 21.8 Å². The lowest BCUT2D eigenvalue weighted by molar-refractivity contribution is -0.137. The Kier molecular flexibility index (Phi) is 6.76. The molecule has 0 amide bonds. The molecule has 0 atom stereocenters. The van der Waals surface area contributed by atoms with Gasteiger partial charge in [-0.1, -0.05) is 36.4 Å². The van der Waals surface area contributed by atoms with Crippen molar-refractivity contribution in [3.05, 3.63) is 95.7 Å². The summed E-state index contributed by atoms with van der Waals surface area (Å²) in [5.41, 5.74) is 2.26. The molecule has 0 saturated carbocycles. The molecule has 0 bridgehead atoms. The Morgan fingerprint density at radius 3 is 2.32 bits per heavy atom. The molecule has 37 heavy (non-hydrogen) atoms. The summed E-state index contributed by atoms with van der Waals surface area (Å²) in [6, 6.07) is 19.7. The third-order valence-electron chi connectivity index (χ3n) is 7.03. The molecule has 3 aromatic carbocycles. The zero-order valence-corrected chi connectivity index (χ0v) is 21.1. The molecule has 5 nitrogen and oxygen atoms in total. The van der Waals surface area contributed by atoms with Gasteiger partial charge in [-0.3, -0.25) is 0 Å². The highest BCUT2D eigenvalue weighted by Gasteiger charge is 2.32. The second kappa shape index (κ2) is 9.87. The number of fused-ring (bicyclic) bond motifs is 1. The third-order valence-corrected chi connectivity index (χ3v) is 8.92. The number of aromatic nitrogens is 1. The van der Waals surface area contributed by atoms with Crippen LogP contribution in [-0.4, -0.2) is 37.5 Å². The third kappa shape index (κ3) is 5.10. The molecular formula is C28H27F3N2O3S. The van der Waals surface area contributed by atoms with Gasteiger partial charge >= 0.3 is 6.18 Å². The highest BCUT2D eigenvalue weighted by atomic mass is 32.2. The fourth-order valence-electron chi connectivity index (χ4n) is 5.05. The molecule has 0 spiro atoms. The van der Waals surface area contributed by atoms with Crippen molar-refractivity contribution in [2.45, 2.75) is 36.4 Å². The van der Waals surface area contributed by atoms with Crippen molar-refractivity contribution in [3.8, 4) is 5.75 Å². The number of alkyl halides is 3. The van der Waals surface area contributed by atoms with Crippen molar-refractivity contribution >= 4 is 20.9 Å². The van der Waals surface area contributed by atoms with Crippen LogP contribution >= 0.6 is 0 Å². The maximum absolute atomic E-state index is 13.2. The molecule has 0 radical (unpaired) electrons. The number of nitrogens with zero attached hydrogens (tertiary/aromatic N) is 2. The van der Waals surface area contributed by atoms with Crippen molar-refractivity contribution in [1.82, 2.24) is 8.87 Å². The minimum Gasteiger partial charge on any atom is -0.497 e. The largest absolute Gasteiger partial charge is 0.497 e. The first kappa shape index (κ1) is 25.4. The van der Waals surface area contributed by atoms with Gasteiger partial charge in [-0.2, -0.15) is 17.5 Å². The van der Waals surface area contributed by atoms with Crippen LogP contribution in [-0.2, 0) is 22.7 Å². The lowest BCUT2D eigenvalue weighted by atomic mass is 9.90. The van der Waals surface area contributed by atoms with E-state index >= 15 is 0 Å². The highest BCUT2D eigenvalue weighted by Crippen LogP contribution is 2.36. The molecule has 4 aromatic rings. The monoisotopic (exact) mass is 528 g/mol. The molecule has 1 aliphatic rings. The van der Waals surface area contributed by atoms with Crippen LogP contribution in [0.3, 0.4) is 0 Å². The average Bonchev–Trinajstić information content (AvgIpc) is 3.27. The molecular weight excluding hydrogens is 501 g/mol. The van der Waals surface area contributed by atoms with Crippen LogP contribution in [0.1, 0.15) is 35.4 Å². The Morgan fingerprint density at radius 1 is 0.946 bits per heavy atom. The van der Waals surface area contributed by atoms with Crippen molar-refractivity contribution in [1.29, 1.82) is 0 Å². The number of ether oxygens (including phenoxy) is 1. The SMILES string of the molecule is COc1cccc(S(=O)(=O)N2CCC(c3cn(Cc4ccc(C(F)(F)F)cc4)c4ccccc34)CC2)c1. The number of piperidine rings is 1. The second-order valence-corrected chi connectivity index (χ2v) is 11.2. The van der Waals surface area contributed by atoms with Gasteiger partial charge in [-0.05, 0) is 60.2 Å². The summed E-state index contributed by atoms with van der Waals surface area (Å²) in [7, 11) is -2.12. The molecule has 0 N–H and O–H groups in total. The van der Waals surface area contributed by atoms with Gasteiger partial charge in [0.05, 0.1) is 17.6 Å². The molecule has 5 rings (SSSR count). The average molecular weight is 529 g/mol. The Morgan fingerprint density at radius 2 is 1.65 bits per heavy atom. The van der Waals surface area contributed by atoms with Crippen molar-refractivity contribution < 1.29 is 26.3 Å². The van der Waals surface area contributed by atoms with Gasteiger partial charge in [0.25, 0.3) is 0 Å². The number of halogens is 3. The first-order valence-corrected chi connectivity index (χ1v) is 13.5. The zero-order valence-electron chi connectivity index (χ0n) is 20.3. The van der Waals surface area contributed by atoms with Gasteiger partial charge in [-0.15, -0.1) is 0 Å². The Labute approximate surface area is 214 Å². The summed E-state index contributed by atoms with van der Waals surface area (Å²) in [6.45, 7) is 1.26. The van der Waals surface area contributed by atoms with Crippen LogP contribution in [0.5, 0.6) is 5.75 Å².